The number of nitrogens with two attached hydrogens (primary N) is 1. The van der Waals surface area contributed by atoms with Crippen molar-refractivity contribution in [2.24, 2.45) is 16.8 Å². The van der Waals surface area contributed by atoms with Crippen LogP contribution in [0, 0.1) is 17.6 Å². The molecule has 0 spiro atoms. The topological polar surface area (TPSA) is 62.4 Å². The van der Waals surface area contributed by atoms with Crippen LogP contribution in [-0.2, 0) is 0 Å². The Morgan fingerprint density at radius 2 is 2.12 bits per heavy atom. The Kier molecular flexibility index (Phi) is 4.84. The number of hydrogen-bond acceptors (Lipinski definition) is 2. The zero-order valence-corrected chi connectivity index (χ0v) is 9.80. The molecule has 4 N–H and O–H groups in total. The van der Waals surface area contributed by atoms with Crippen molar-refractivity contribution in [3.8, 4) is 0 Å². The molecular formula is C11H16F2N4. The van der Waals surface area contributed by atoms with E-state index in [1.54, 1.807) is 0 Å². The standard InChI is InChI=1S/C11H16F2N4/c1-7(2)6-15-11(17-14)16-10-4-3-8(12)5-9(10)13/h3-5,7H,6,14H2,1-2H3,(H2,15,16,17). The molecule has 1 rings (SSSR count). The molecule has 0 aromatic heterocycles. The van der Waals surface area contributed by atoms with E-state index in [4.69, 9.17) is 5.84 Å². The van der Waals surface area contributed by atoms with Crippen LogP contribution in [0.4, 0.5) is 14.5 Å². The van der Waals surface area contributed by atoms with Crippen molar-refractivity contribution in [2.45, 2.75) is 13.8 Å². The van der Waals surface area contributed by atoms with Crippen molar-refractivity contribution in [2.75, 3.05) is 11.9 Å². The molecule has 0 aliphatic carbocycles. The zero-order valence-electron chi connectivity index (χ0n) is 9.80. The summed E-state index contributed by atoms with van der Waals surface area (Å²) in [7, 11) is 0. The number of hydrogen-bond donors (Lipinski definition) is 3. The maximum Gasteiger partial charge on any atom is 0.210 e. The van der Waals surface area contributed by atoms with Crippen LogP contribution in [0.15, 0.2) is 23.2 Å². The van der Waals surface area contributed by atoms with E-state index in [1.807, 2.05) is 13.8 Å². The Bertz CT molecular complexity index is 404. The van der Waals surface area contributed by atoms with Crippen molar-refractivity contribution in [3.63, 3.8) is 0 Å². The number of anilines is 1. The van der Waals surface area contributed by atoms with E-state index in [0.29, 0.717) is 12.5 Å². The normalized spacial score (nSPS) is 11.8. The fourth-order valence-electron chi connectivity index (χ4n) is 1.11. The number of benzene rings is 1. The Labute approximate surface area is 98.9 Å². The fraction of sp³-hybridized carbons (Fsp3) is 0.364. The van der Waals surface area contributed by atoms with E-state index in [-0.39, 0.29) is 11.6 Å². The molecule has 94 valence electrons. The van der Waals surface area contributed by atoms with Gasteiger partial charge >= 0.3 is 0 Å². The number of hydrazine groups is 1. The number of nitrogens with zero attached hydrogens (tertiary/aromatic N) is 1. The Hall–Kier alpha value is -1.69. The van der Waals surface area contributed by atoms with Gasteiger partial charge in [-0.2, -0.15) is 0 Å². The molecule has 0 fully saturated rings. The van der Waals surface area contributed by atoms with Crippen molar-refractivity contribution >= 4 is 11.6 Å². The van der Waals surface area contributed by atoms with Crippen LogP contribution >= 0.6 is 0 Å². The summed E-state index contributed by atoms with van der Waals surface area (Å²) in [6, 6.07) is 3.23. The van der Waals surface area contributed by atoms with Gasteiger partial charge in [-0.3, -0.25) is 10.4 Å². The van der Waals surface area contributed by atoms with Gasteiger partial charge in [0.25, 0.3) is 0 Å². The van der Waals surface area contributed by atoms with Crippen LogP contribution in [0.5, 0.6) is 0 Å². The van der Waals surface area contributed by atoms with Crippen LogP contribution < -0.4 is 16.6 Å². The van der Waals surface area contributed by atoms with E-state index in [9.17, 15) is 8.78 Å². The first-order valence-electron chi connectivity index (χ1n) is 5.26. The molecule has 0 saturated carbocycles. The van der Waals surface area contributed by atoms with Gasteiger partial charge in [-0.25, -0.2) is 14.6 Å². The molecule has 17 heavy (non-hydrogen) atoms. The lowest BCUT2D eigenvalue weighted by Crippen LogP contribution is -2.36. The number of nitrogens with one attached hydrogen (secondary N) is 2. The SMILES string of the molecule is CC(C)CN=C(NN)Nc1ccc(F)cc1F. The highest BCUT2D eigenvalue weighted by molar-refractivity contribution is 5.93. The molecule has 0 aliphatic rings. The first-order chi connectivity index (χ1) is 8.02. The van der Waals surface area contributed by atoms with Crippen molar-refractivity contribution < 1.29 is 8.78 Å². The van der Waals surface area contributed by atoms with Gasteiger partial charge in [0.2, 0.25) is 5.96 Å². The quantitative estimate of drug-likeness (QED) is 0.328. The molecule has 0 saturated heterocycles. The van der Waals surface area contributed by atoms with Crippen LogP contribution in [0.25, 0.3) is 0 Å². The maximum absolute atomic E-state index is 13.3. The Morgan fingerprint density at radius 3 is 2.65 bits per heavy atom. The molecule has 0 bridgehead atoms. The molecule has 0 amide bonds. The minimum absolute atomic E-state index is 0.117. The second-order valence-corrected chi connectivity index (χ2v) is 3.98. The fourth-order valence-corrected chi connectivity index (χ4v) is 1.11. The molecular weight excluding hydrogens is 226 g/mol. The zero-order chi connectivity index (χ0) is 12.8. The summed E-state index contributed by atoms with van der Waals surface area (Å²) in [5.41, 5.74) is 2.44. The van der Waals surface area contributed by atoms with Gasteiger partial charge in [0.05, 0.1) is 5.69 Å². The lowest BCUT2D eigenvalue weighted by Gasteiger charge is -2.10. The van der Waals surface area contributed by atoms with E-state index in [2.05, 4.69) is 15.7 Å². The molecule has 0 radical (unpaired) electrons. The second kappa shape index (κ2) is 6.15. The average Bonchev–Trinajstić information content (AvgIpc) is 2.26. The van der Waals surface area contributed by atoms with Crippen molar-refractivity contribution in [1.82, 2.24) is 5.43 Å². The highest BCUT2D eigenvalue weighted by atomic mass is 19.1. The van der Waals surface area contributed by atoms with Gasteiger partial charge in [0, 0.05) is 12.6 Å². The lowest BCUT2D eigenvalue weighted by molar-refractivity contribution is 0.586. The molecule has 0 aliphatic heterocycles. The first kappa shape index (κ1) is 13.4. The summed E-state index contributed by atoms with van der Waals surface area (Å²) in [6.07, 6.45) is 0. The van der Waals surface area contributed by atoms with E-state index >= 15 is 0 Å². The number of aliphatic imine (C=N–C) groups is 1. The largest absolute Gasteiger partial charge is 0.323 e. The molecule has 4 nitrogen and oxygen atoms in total. The third kappa shape index (κ3) is 4.36. The van der Waals surface area contributed by atoms with Gasteiger partial charge < -0.3 is 5.32 Å². The highest BCUT2D eigenvalue weighted by Gasteiger charge is 2.05. The van der Waals surface area contributed by atoms with Crippen LogP contribution in [-0.4, -0.2) is 12.5 Å². The van der Waals surface area contributed by atoms with Gasteiger partial charge in [-0.1, -0.05) is 13.8 Å². The second-order valence-electron chi connectivity index (χ2n) is 3.98. The average molecular weight is 242 g/mol. The molecule has 1 aromatic carbocycles. The van der Waals surface area contributed by atoms with Gasteiger partial charge in [-0.05, 0) is 18.1 Å². The van der Waals surface area contributed by atoms with Crippen LogP contribution in [0.2, 0.25) is 0 Å². The van der Waals surface area contributed by atoms with Gasteiger partial charge in [-0.15, -0.1) is 0 Å². The van der Waals surface area contributed by atoms with Gasteiger partial charge in [0.15, 0.2) is 0 Å². The summed E-state index contributed by atoms with van der Waals surface area (Å²) in [5, 5.41) is 2.65. The van der Waals surface area contributed by atoms with Crippen LogP contribution in [0.1, 0.15) is 13.8 Å². The maximum atomic E-state index is 13.3. The predicted molar refractivity (Wildman–Crippen MR) is 64.4 cm³/mol. The highest BCUT2D eigenvalue weighted by Crippen LogP contribution is 2.14. The summed E-state index contributed by atoms with van der Waals surface area (Å²) in [6.45, 7) is 4.54. The van der Waals surface area contributed by atoms with E-state index in [1.165, 1.54) is 6.07 Å². The lowest BCUT2D eigenvalue weighted by atomic mass is 10.2. The minimum Gasteiger partial charge on any atom is -0.323 e. The van der Waals surface area contributed by atoms with Crippen molar-refractivity contribution in [3.05, 3.63) is 29.8 Å². The first-order valence-corrected chi connectivity index (χ1v) is 5.26. The summed E-state index contributed by atoms with van der Waals surface area (Å²) >= 11 is 0. The predicted octanol–water partition coefficient (Wildman–Crippen LogP) is 1.85. The minimum atomic E-state index is -0.697. The molecule has 0 unspecified atom stereocenters. The Balaban J connectivity index is 2.77. The van der Waals surface area contributed by atoms with Gasteiger partial charge in [0.1, 0.15) is 11.6 Å². The summed E-state index contributed by atoms with van der Waals surface area (Å²) in [4.78, 5) is 4.11. The number of halogens is 2. The number of guanidine groups is 1. The monoisotopic (exact) mass is 242 g/mol. The van der Waals surface area contributed by atoms with Crippen LogP contribution in [0.3, 0.4) is 0 Å². The van der Waals surface area contributed by atoms with E-state index in [0.717, 1.165) is 12.1 Å². The van der Waals surface area contributed by atoms with Crippen molar-refractivity contribution in [1.29, 1.82) is 0 Å². The Morgan fingerprint density at radius 1 is 1.41 bits per heavy atom. The summed E-state index contributed by atoms with van der Waals surface area (Å²) in [5.74, 6) is 4.52. The molecule has 0 atom stereocenters. The molecule has 0 heterocycles. The molecule has 1 aromatic rings. The summed E-state index contributed by atoms with van der Waals surface area (Å²) < 4.78 is 26.0. The van der Waals surface area contributed by atoms with E-state index < -0.39 is 11.6 Å². The smallest absolute Gasteiger partial charge is 0.210 e. The third-order valence-corrected chi connectivity index (χ3v) is 1.94. The molecule has 6 heteroatoms. The number of rotatable bonds is 3. The third-order valence-electron chi connectivity index (χ3n) is 1.94.